The van der Waals surface area contributed by atoms with Crippen molar-refractivity contribution in [3.63, 3.8) is 0 Å². The topological polar surface area (TPSA) is 92.8 Å². The highest BCUT2D eigenvalue weighted by atomic mass is 19.4. The van der Waals surface area contributed by atoms with Crippen LogP contribution in [-0.4, -0.2) is 40.7 Å². The summed E-state index contributed by atoms with van der Waals surface area (Å²) in [6.07, 6.45) is -5.97. The second kappa shape index (κ2) is 8.21. The van der Waals surface area contributed by atoms with Gasteiger partial charge in [-0.3, -0.25) is 19.3 Å². The minimum absolute atomic E-state index is 0.129. The van der Waals surface area contributed by atoms with Crippen molar-refractivity contribution >= 4 is 29.4 Å². The fraction of sp³-hybridized carbons (Fsp3) is 0.238. The van der Waals surface area contributed by atoms with Crippen LogP contribution in [0, 0.1) is 0 Å². The van der Waals surface area contributed by atoms with E-state index in [2.05, 4.69) is 5.32 Å². The summed E-state index contributed by atoms with van der Waals surface area (Å²) in [6.45, 7) is 2.50. The first-order valence-electron chi connectivity index (χ1n) is 9.16. The third kappa shape index (κ3) is 4.42. The molecule has 1 heterocycles. The smallest absolute Gasteiger partial charge is 0.416 e. The SMILES string of the molecule is C[C@@H](OC(=O)[C@H](C)N1C(=O)c2ccccc2C1=O)C(=O)Nc1cccc(C(F)(F)F)c1. The maximum absolute atomic E-state index is 12.8. The number of amides is 3. The summed E-state index contributed by atoms with van der Waals surface area (Å²) in [5.74, 6) is -3.21. The third-order valence-electron chi connectivity index (χ3n) is 4.67. The molecule has 0 saturated heterocycles. The predicted octanol–water partition coefficient (Wildman–Crippen LogP) is 3.26. The van der Waals surface area contributed by atoms with Gasteiger partial charge in [0.2, 0.25) is 0 Å². The number of hydrogen-bond donors (Lipinski definition) is 1. The minimum atomic E-state index is -4.58. The molecule has 0 spiro atoms. The third-order valence-corrected chi connectivity index (χ3v) is 4.67. The van der Waals surface area contributed by atoms with Gasteiger partial charge in [0, 0.05) is 5.69 Å². The number of ether oxygens (including phenoxy) is 1. The van der Waals surface area contributed by atoms with E-state index >= 15 is 0 Å². The van der Waals surface area contributed by atoms with Crippen molar-refractivity contribution in [1.29, 1.82) is 0 Å². The van der Waals surface area contributed by atoms with Crippen LogP contribution in [0.5, 0.6) is 0 Å². The van der Waals surface area contributed by atoms with E-state index < -0.39 is 47.6 Å². The molecule has 1 aliphatic heterocycles. The van der Waals surface area contributed by atoms with E-state index in [0.717, 1.165) is 23.1 Å². The highest BCUT2D eigenvalue weighted by Gasteiger charge is 2.41. The Morgan fingerprint density at radius 1 is 0.968 bits per heavy atom. The molecule has 10 heteroatoms. The summed E-state index contributed by atoms with van der Waals surface area (Å²) < 4.78 is 43.4. The molecule has 0 saturated carbocycles. The van der Waals surface area contributed by atoms with Crippen molar-refractivity contribution < 1.29 is 37.1 Å². The van der Waals surface area contributed by atoms with Gasteiger partial charge in [-0.2, -0.15) is 13.2 Å². The molecular formula is C21H17F3N2O5. The zero-order valence-corrected chi connectivity index (χ0v) is 16.4. The number of imide groups is 1. The Kier molecular flexibility index (Phi) is 5.83. The molecule has 3 rings (SSSR count). The molecule has 2 aromatic rings. The molecule has 7 nitrogen and oxygen atoms in total. The van der Waals surface area contributed by atoms with Crippen LogP contribution in [0.4, 0.5) is 18.9 Å². The second-order valence-corrected chi connectivity index (χ2v) is 6.85. The molecule has 0 fully saturated rings. The maximum atomic E-state index is 12.8. The molecule has 1 N–H and O–H groups in total. The molecule has 3 amide bonds. The van der Waals surface area contributed by atoms with Gasteiger partial charge in [-0.15, -0.1) is 0 Å². The van der Waals surface area contributed by atoms with Gasteiger partial charge in [-0.05, 0) is 44.2 Å². The molecule has 0 bridgehead atoms. The number of hydrogen-bond acceptors (Lipinski definition) is 5. The van der Waals surface area contributed by atoms with Crippen LogP contribution in [-0.2, 0) is 20.5 Å². The first kappa shape index (κ1) is 22.0. The number of esters is 1. The summed E-state index contributed by atoms with van der Waals surface area (Å²) in [4.78, 5) is 50.3. The van der Waals surface area contributed by atoms with Crippen LogP contribution in [0.3, 0.4) is 0 Å². The number of halogens is 3. The van der Waals surface area contributed by atoms with Gasteiger partial charge in [-0.1, -0.05) is 18.2 Å². The van der Waals surface area contributed by atoms with E-state index in [0.29, 0.717) is 0 Å². The lowest BCUT2D eigenvalue weighted by Crippen LogP contribution is -2.45. The Morgan fingerprint density at radius 3 is 2.10 bits per heavy atom. The lowest BCUT2D eigenvalue weighted by molar-refractivity contribution is -0.156. The molecule has 0 aromatic heterocycles. The molecule has 0 radical (unpaired) electrons. The Morgan fingerprint density at radius 2 is 1.55 bits per heavy atom. The lowest BCUT2D eigenvalue weighted by Gasteiger charge is -2.22. The molecule has 0 unspecified atom stereocenters. The van der Waals surface area contributed by atoms with Crippen molar-refractivity contribution in [2.24, 2.45) is 0 Å². The van der Waals surface area contributed by atoms with Crippen molar-refractivity contribution in [2.45, 2.75) is 32.2 Å². The molecular weight excluding hydrogens is 417 g/mol. The molecule has 1 aliphatic rings. The van der Waals surface area contributed by atoms with Crippen LogP contribution >= 0.6 is 0 Å². The average Bonchev–Trinajstić information content (AvgIpc) is 2.97. The molecule has 31 heavy (non-hydrogen) atoms. The van der Waals surface area contributed by atoms with Gasteiger partial charge < -0.3 is 10.1 Å². The van der Waals surface area contributed by atoms with E-state index in [4.69, 9.17) is 4.74 Å². The Hall–Kier alpha value is -3.69. The fourth-order valence-corrected chi connectivity index (χ4v) is 3.01. The first-order valence-corrected chi connectivity index (χ1v) is 9.16. The largest absolute Gasteiger partial charge is 0.451 e. The Balaban J connectivity index is 1.65. The quantitative estimate of drug-likeness (QED) is 0.576. The fourth-order valence-electron chi connectivity index (χ4n) is 3.01. The van der Waals surface area contributed by atoms with E-state index in [-0.39, 0.29) is 16.8 Å². The average molecular weight is 434 g/mol. The molecule has 2 atom stereocenters. The van der Waals surface area contributed by atoms with Crippen LogP contribution < -0.4 is 5.32 Å². The van der Waals surface area contributed by atoms with Crippen molar-refractivity contribution in [3.05, 3.63) is 65.2 Å². The molecule has 0 aliphatic carbocycles. The highest BCUT2D eigenvalue weighted by Crippen LogP contribution is 2.30. The Bertz CT molecular complexity index is 1030. The number of nitrogens with one attached hydrogen (secondary N) is 1. The monoisotopic (exact) mass is 434 g/mol. The zero-order chi connectivity index (χ0) is 22.9. The van der Waals surface area contributed by atoms with Gasteiger partial charge in [0.25, 0.3) is 17.7 Å². The van der Waals surface area contributed by atoms with E-state index in [1.807, 2.05) is 0 Å². The van der Waals surface area contributed by atoms with Crippen molar-refractivity contribution in [2.75, 3.05) is 5.32 Å². The summed E-state index contributed by atoms with van der Waals surface area (Å²) in [5.41, 5.74) is -0.768. The zero-order valence-electron chi connectivity index (χ0n) is 16.4. The number of alkyl halides is 3. The van der Waals surface area contributed by atoms with Crippen molar-refractivity contribution in [3.8, 4) is 0 Å². The van der Waals surface area contributed by atoms with E-state index in [1.54, 1.807) is 12.1 Å². The number of nitrogens with zero attached hydrogens (tertiary/aromatic N) is 1. The van der Waals surface area contributed by atoms with Crippen LogP contribution in [0.2, 0.25) is 0 Å². The van der Waals surface area contributed by atoms with E-state index in [9.17, 15) is 32.3 Å². The minimum Gasteiger partial charge on any atom is -0.451 e. The maximum Gasteiger partial charge on any atom is 0.416 e. The van der Waals surface area contributed by atoms with Gasteiger partial charge in [0.1, 0.15) is 6.04 Å². The van der Waals surface area contributed by atoms with Gasteiger partial charge in [-0.25, -0.2) is 4.79 Å². The first-order chi connectivity index (χ1) is 14.5. The predicted molar refractivity (Wildman–Crippen MR) is 102 cm³/mol. The van der Waals surface area contributed by atoms with Gasteiger partial charge >= 0.3 is 12.1 Å². The van der Waals surface area contributed by atoms with Gasteiger partial charge in [0.05, 0.1) is 16.7 Å². The number of carbonyl (C=O) groups excluding carboxylic acids is 4. The molecule has 2 aromatic carbocycles. The Labute approximate surface area is 174 Å². The summed E-state index contributed by atoms with van der Waals surface area (Å²) in [6, 6.07) is 8.74. The number of rotatable bonds is 5. The number of anilines is 1. The lowest BCUT2D eigenvalue weighted by atomic mass is 10.1. The summed E-state index contributed by atoms with van der Waals surface area (Å²) in [5, 5.41) is 2.24. The summed E-state index contributed by atoms with van der Waals surface area (Å²) >= 11 is 0. The molecule has 162 valence electrons. The van der Waals surface area contributed by atoms with Crippen LogP contribution in [0.25, 0.3) is 0 Å². The van der Waals surface area contributed by atoms with Gasteiger partial charge in [0.15, 0.2) is 6.10 Å². The number of fused-ring (bicyclic) bond motifs is 1. The highest BCUT2D eigenvalue weighted by molar-refractivity contribution is 6.22. The number of benzene rings is 2. The summed E-state index contributed by atoms with van der Waals surface area (Å²) in [7, 11) is 0. The van der Waals surface area contributed by atoms with Crippen molar-refractivity contribution in [1.82, 2.24) is 4.90 Å². The standard InChI is InChI=1S/C21H17F3N2O5/c1-11(26-18(28)15-8-3-4-9-16(15)19(26)29)20(30)31-12(2)17(27)25-14-7-5-6-13(10-14)21(22,23)24/h3-12H,1-2H3,(H,25,27)/t11-,12+/m0/s1. The second-order valence-electron chi connectivity index (χ2n) is 6.85. The normalized spacial score (nSPS) is 15.3. The van der Waals surface area contributed by atoms with Crippen LogP contribution in [0.1, 0.15) is 40.1 Å². The van der Waals surface area contributed by atoms with E-state index in [1.165, 1.54) is 32.0 Å². The number of carbonyl (C=O) groups is 4. The van der Waals surface area contributed by atoms with Crippen LogP contribution in [0.15, 0.2) is 48.5 Å².